The summed E-state index contributed by atoms with van der Waals surface area (Å²) in [5.74, 6) is 0.854. The Labute approximate surface area is 146 Å². The standard InChI is InChI=1S/C21H19N3O/c1-3-25-19-12-8-7-11-17(19)18-13-14-22-21-20(15(2)23-24(18)21)16-9-5-4-6-10-16/h4-14H,3H2,1-2H3. The Balaban J connectivity index is 1.97. The van der Waals surface area contributed by atoms with Gasteiger partial charge in [0.2, 0.25) is 0 Å². The highest BCUT2D eigenvalue weighted by atomic mass is 16.5. The average molecular weight is 329 g/mol. The summed E-state index contributed by atoms with van der Waals surface area (Å²) in [5, 5.41) is 4.77. The number of fused-ring (bicyclic) bond motifs is 1. The fourth-order valence-corrected chi connectivity index (χ4v) is 3.16. The molecule has 2 aromatic heterocycles. The molecule has 0 saturated heterocycles. The number of aromatic nitrogens is 3. The molecule has 124 valence electrons. The third-order valence-corrected chi connectivity index (χ3v) is 4.22. The normalized spacial score (nSPS) is 11.0. The molecule has 0 aliphatic rings. The van der Waals surface area contributed by atoms with E-state index in [0.717, 1.165) is 39.5 Å². The zero-order valence-electron chi connectivity index (χ0n) is 14.3. The Morgan fingerprint density at radius 3 is 2.52 bits per heavy atom. The maximum Gasteiger partial charge on any atom is 0.163 e. The van der Waals surface area contributed by atoms with Crippen LogP contribution in [0.3, 0.4) is 0 Å². The van der Waals surface area contributed by atoms with Crippen LogP contribution in [-0.2, 0) is 0 Å². The quantitative estimate of drug-likeness (QED) is 0.541. The van der Waals surface area contributed by atoms with Gasteiger partial charge in [-0.3, -0.25) is 0 Å². The van der Waals surface area contributed by atoms with E-state index in [4.69, 9.17) is 9.84 Å². The van der Waals surface area contributed by atoms with Crippen LogP contribution < -0.4 is 4.74 Å². The van der Waals surface area contributed by atoms with Gasteiger partial charge in [0.15, 0.2) is 5.65 Å². The van der Waals surface area contributed by atoms with Crippen molar-refractivity contribution in [1.29, 1.82) is 0 Å². The lowest BCUT2D eigenvalue weighted by Gasteiger charge is -2.11. The van der Waals surface area contributed by atoms with Gasteiger partial charge in [0, 0.05) is 17.3 Å². The second-order valence-electron chi connectivity index (χ2n) is 5.82. The van der Waals surface area contributed by atoms with Crippen LogP contribution >= 0.6 is 0 Å². The largest absolute Gasteiger partial charge is 0.493 e. The summed E-state index contributed by atoms with van der Waals surface area (Å²) in [6, 6.07) is 20.3. The first-order chi connectivity index (χ1) is 12.3. The molecule has 4 rings (SSSR count). The number of ether oxygens (including phenoxy) is 1. The lowest BCUT2D eigenvalue weighted by atomic mass is 10.1. The molecular weight excluding hydrogens is 310 g/mol. The van der Waals surface area contributed by atoms with E-state index in [2.05, 4.69) is 23.2 Å². The van der Waals surface area contributed by atoms with Crippen molar-refractivity contribution in [2.45, 2.75) is 13.8 Å². The van der Waals surface area contributed by atoms with Crippen molar-refractivity contribution < 1.29 is 4.74 Å². The van der Waals surface area contributed by atoms with Crippen molar-refractivity contribution in [2.24, 2.45) is 0 Å². The minimum absolute atomic E-state index is 0.624. The first-order valence-electron chi connectivity index (χ1n) is 8.41. The minimum atomic E-state index is 0.624. The van der Waals surface area contributed by atoms with Crippen LogP contribution in [0.5, 0.6) is 5.75 Å². The smallest absolute Gasteiger partial charge is 0.163 e. The summed E-state index contributed by atoms with van der Waals surface area (Å²) in [6.45, 7) is 4.64. The third kappa shape index (κ3) is 2.66. The molecule has 0 spiro atoms. The molecule has 25 heavy (non-hydrogen) atoms. The Morgan fingerprint density at radius 1 is 0.960 bits per heavy atom. The Kier molecular flexibility index (Phi) is 3.94. The zero-order chi connectivity index (χ0) is 17.2. The van der Waals surface area contributed by atoms with Gasteiger partial charge in [-0.25, -0.2) is 9.50 Å². The van der Waals surface area contributed by atoms with Crippen LogP contribution in [0, 0.1) is 6.92 Å². The number of hydrogen-bond donors (Lipinski definition) is 0. The summed E-state index contributed by atoms with van der Waals surface area (Å²) in [7, 11) is 0. The van der Waals surface area contributed by atoms with Gasteiger partial charge in [-0.05, 0) is 37.6 Å². The summed E-state index contributed by atoms with van der Waals surface area (Å²) in [5.41, 5.74) is 5.99. The molecule has 4 aromatic rings. The first kappa shape index (κ1) is 15.4. The number of aryl methyl sites for hydroxylation is 1. The molecule has 0 radical (unpaired) electrons. The third-order valence-electron chi connectivity index (χ3n) is 4.22. The van der Waals surface area contributed by atoms with Crippen LogP contribution in [0.15, 0.2) is 66.9 Å². The molecule has 0 bridgehead atoms. The predicted molar refractivity (Wildman–Crippen MR) is 99.8 cm³/mol. The van der Waals surface area contributed by atoms with E-state index in [1.54, 1.807) is 0 Å². The molecule has 2 heterocycles. The number of hydrogen-bond acceptors (Lipinski definition) is 3. The summed E-state index contributed by atoms with van der Waals surface area (Å²) in [4.78, 5) is 4.60. The van der Waals surface area contributed by atoms with E-state index >= 15 is 0 Å². The van der Waals surface area contributed by atoms with Crippen molar-refractivity contribution in [2.75, 3.05) is 6.61 Å². The molecule has 0 aliphatic heterocycles. The Morgan fingerprint density at radius 2 is 1.72 bits per heavy atom. The lowest BCUT2D eigenvalue weighted by Crippen LogP contribution is -1.99. The van der Waals surface area contributed by atoms with Gasteiger partial charge in [0.25, 0.3) is 0 Å². The number of nitrogens with zero attached hydrogens (tertiary/aromatic N) is 3. The van der Waals surface area contributed by atoms with Gasteiger partial charge in [-0.15, -0.1) is 0 Å². The summed E-state index contributed by atoms with van der Waals surface area (Å²) >= 11 is 0. The molecule has 0 fully saturated rings. The molecule has 0 unspecified atom stereocenters. The van der Waals surface area contributed by atoms with Gasteiger partial charge in [-0.1, -0.05) is 42.5 Å². The van der Waals surface area contributed by atoms with E-state index < -0.39 is 0 Å². The van der Waals surface area contributed by atoms with Crippen LogP contribution in [0.4, 0.5) is 0 Å². The SMILES string of the molecule is CCOc1ccccc1-c1ccnc2c(-c3ccccc3)c(C)nn12. The molecule has 2 aromatic carbocycles. The lowest BCUT2D eigenvalue weighted by molar-refractivity contribution is 0.341. The second kappa shape index (κ2) is 6.40. The molecular formula is C21H19N3O. The molecule has 0 atom stereocenters. The van der Waals surface area contributed by atoms with E-state index in [0.29, 0.717) is 6.61 Å². The minimum Gasteiger partial charge on any atom is -0.493 e. The highest BCUT2D eigenvalue weighted by molar-refractivity contribution is 5.82. The maximum atomic E-state index is 5.80. The van der Waals surface area contributed by atoms with Crippen LogP contribution in [0.1, 0.15) is 12.6 Å². The molecule has 0 saturated carbocycles. The van der Waals surface area contributed by atoms with Crippen LogP contribution in [0.2, 0.25) is 0 Å². The monoisotopic (exact) mass is 329 g/mol. The van der Waals surface area contributed by atoms with E-state index in [9.17, 15) is 0 Å². The summed E-state index contributed by atoms with van der Waals surface area (Å²) in [6.07, 6.45) is 1.83. The molecule has 4 heteroatoms. The molecule has 0 aliphatic carbocycles. The Bertz CT molecular complexity index is 1020. The van der Waals surface area contributed by atoms with Crippen molar-refractivity contribution in [1.82, 2.24) is 14.6 Å². The first-order valence-corrected chi connectivity index (χ1v) is 8.41. The highest BCUT2D eigenvalue weighted by Crippen LogP contribution is 2.33. The fraction of sp³-hybridized carbons (Fsp3) is 0.143. The number of para-hydroxylation sites is 1. The summed E-state index contributed by atoms with van der Waals surface area (Å²) < 4.78 is 7.71. The van der Waals surface area contributed by atoms with Crippen molar-refractivity contribution >= 4 is 5.65 Å². The van der Waals surface area contributed by atoms with Crippen molar-refractivity contribution in [3.8, 4) is 28.1 Å². The molecule has 0 amide bonds. The predicted octanol–water partition coefficient (Wildman–Crippen LogP) is 4.77. The fourth-order valence-electron chi connectivity index (χ4n) is 3.16. The van der Waals surface area contributed by atoms with E-state index in [1.807, 2.05) is 67.0 Å². The zero-order valence-corrected chi connectivity index (χ0v) is 14.3. The highest BCUT2D eigenvalue weighted by Gasteiger charge is 2.17. The van der Waals surface area contributed by atoms with Gasteiger partial charge >= 0.3 is 0 Å². The molecule has 0 N–H and O–H groups in total. The van der Waals surface area contributed by atoms with Crippen molar-refractivity contribution in [3.05, 3.63) is 72.6 Å². The van der Waals surface area contributed by atoms with Crippen molar-refractivity contribution in [3.63, 3.8) is 0 Å². The second-order valence-corrected chi connectivity index (χ2v) is 5.82. The number of benzene rings is 2. The number of rotatable bonds is 4. The van der Waals surface area contributed by atoms with Crippen LogP contribution in [-0.4, -0.2) is 21.2 Å². The molecule has 4 nitrogen and oxygen atoms in total. The van der Waals surface area contributed by atoms with E-state index in [1.165, 1.54) is 0 Å². The van der Waals surface area contributed by atoms with Gasteiger partial charge < -0.3 is 4.74 Å². The van der Waals surface area contributed by atoms with Crippen LogP contribution in [0.25, 0.3) is 28.0 Å². The van der Waals surface area contributed by atoms with Gasteiger partial charge in [0.05, 0.1) is 18.0 Å². The van der Waals surface area contributed by atoms with E-state index in [-0.39, 0.29) is 0 Å². The van der Waals surface area contributed by atoms with Gasteiger partial charge in [-0.2, -0.15) is 5.10 Å². The Hall–Kier alpha value is -3.14. The van der Waals surface area contributed by atoms with Gasteiger partial charge in [0.1, 0.15) is 5.75 Å². The average Bonchev–Trinajstić information content (AvgIpc) is 2.99. The topological polar surface area (TPSA) is 39.4 Å². The maximum absolute atomic E-state index is 5.80.